The van der Waals surface area contributed by atoms with Gasteiger partial charge in [0.1, 0.15) is 0 Å². The Hall–Kier alpha value is -0.640. The Bertz CT molecular complexity index is 205. The summed E-state index contributed by atoms with van der Waals surface area (Å²) in [5, 5.41) is 0.448. The van der Waals surface area contributed by atoms with Gasteiger partial charge >= 0.3 is 0 Å². The average Bonchev–Trinajstić information content (AvgIpc) is 1.98. The van der Waals surface area contributed by atoms with Crippen LogP contribution in [0.4, 0.5) is 0 Å². The van der Waals surface area contributed by atoms with Crippen molar-refractivity contribution in [3.8, 4) is 0 Å². The highest BCUT2D eigenvalue weighted by Gasteiger charge is 2.27. The van der Waals surface area contributed by atoms with Crippen LogP contribution in [0.3, 0.4) is 0 Å². The largest absolute Gasteiger partial charge is 0.474 e. The maximum atomic E-state index is 11.4. The second kappa shape index (κ2) is 3.85. The minimum absolute atomic E-state index is 0.0467. The topological polar surface area (TPSA) is 29.5 Å². The van der Waals surface area contributed by atoms with Gasteiger partial charge in [-0.1, -0.05) is 0 Å². The first kappa shape index (κ1) is 9.45. The number of piperidine rings is 1. The monoisotopic (exact) mass is 187 g/mol. The van der Waals surface area contributed by atoms with Gasteiger partial charge in [-0.2, -0.15) is 0 Å². The van der Waals surface area contributed by atoms with Crippen molar-refractivity contribution in [3.05, 3.63) is 0 Å². The summed E-state index contributed by atoms with van der Waals surface area (Å²) in [4.78, 5) is 13.1. The lowest BCUT2D eigenvalue weighted by atomic mass is 10.1. The zero-order chi connectivity index (χ0) is 9.14. The third-order valence-corrected chi connectivity index (χ3v) is 2.02. The molecule has 3 nitrogen and oxygen atoms in total. The first-order chi connectivity index (χ1) is 5.61. The van der Waals surface area contributed by atoms with E-state index < -0.39 is 0 Å². The third-order valence-electron chi connectivity index (χ3n) is 1.92. The molecule has 1 atom stereocenters. The number of hydrogen-bond donors (Lipinski definition) is 0. The number of carbonyl (C=O) groups is 1. The zero-order valence-electron chi connectivity index (χ0n) is 7.37. The van der Waals surface area contributed by atoms with Gasteiger partial charge in [0.05, 0.1) is 0 Å². The van der Waals surface area contributed by atoms with Gasteiger partial charge in [-0.3, -0.25) is 4.79 Å². The van der Waals surface area contributed by atoms with E-state index in [4.69, 9.17) is 17.0 Å². The molecule has 1 aliphatic heterocycles. The van der Waals surface area contributed by atoms with Crippen molar-refractivity contribution in [2.45, 2.75) is 25.9 Å². The molecule has 0 aliphatic carbocycles. The van der Waals surface area contributed by atoms with Crippen LogP contribution in [0, 0.1) is 0 Å². The molecule has 0 N–H and O–H groups in total. The number of nitrogens with zero attached hydrogens (tertiary/aromatic N) is 1. The Morgan fingerprint density at radius 3 is 3.00 bits per heavy atom. The second-order valence-electron chi connectivity index (χ2n) is 3.00. The highest BCUT2D eigenvalue weighted by molar-refractivity contribution is 7.80. The van der Waals surface area contributed by atoms with Crippen molar-refractivity contribution in [1.29, 1.82) is 0 Å². The molecule has 0 aromatic carbocycles. The van der Waals surface area contributed by atoms with E-state index in [0.717, 1.165) is 19.4 Å². The molecule has 1 rings (SSSR count). The highest BCUT2D eigenvalue weighted by Crippen LogP contribution is 2.13. The Balaban J connectivity index is 2.52. The van der Waals surface area contributed by atoms with E-state index in [0.29, 0.717) is 5.05 Å². The van der Waals surface area contributed by atoms with Crippen molar-refractivity contribution in [1.82, 2.24) is 4.90 Å². The lowest BCUT2D eigenvalue weighted by Crippen LogP contribution is -2.43. The molecular formula is C8H13NO2S. The van der Waals surface area contributed by atoms with E-state index >= 15 is 0 Å². The van der Waals surface area contributed by atoms with E-state index in [2.05, 4.69) is 0 Å². The van der Waals surface area contributed by atoms with Gasteiger partial charge < -0.3 is 9.64 Å². The van der Waals surface area contributed by atoms with Crippen LogP contribution in [0.2, 0.25) is 0 Å². The molecule has 1 amide bonds. The quantitative estimate of drug-likeness (QED) is 0.573. The van der Waals surface area contributed by atoms with Gasteiger partial charge in [0.2, 0.25) is 0 Å². The summed E-state index contributed by atoms with van der Waals surface area (Å²) in [7, 11) is 1.79. The molecule has 1 aliphatic rings. The number of likely N-dealkylation sites (tertiary alicyclic amines) is 1. The fraction of sp³-hybridized carbons (Fsp3) is 0.750. The minimum atomic E-state index is -0.332. The summed E-state index contributed by atoms with van der Waals surface area (Å²) in [6.45, 7) is 2.52. The number of likely N-dealkylation sites (N-methyl/N-ethyl adjacent to an activating group) is 1. The summed E-state index contributed by atoms with van der Waals surface area (Å²) in [6.07, 6.45) is 1.45. The van der Waals surface area contributed by atoms with Crippen molar-refractivity contribution in [2.24, 2.45) is 0 Å². The van der Waals surface area contributed by atoms with Gasteiger partial charge in [0.15, 0.2) is 11.2 Å². The van der Waals surface area contributed by atoms with Crippen LogP contribution in [0.1, 0.15) is 19.8 Å². The molecule has 1 unspecified atom stereocenters. The number of thiocarbonyl (C=S) groups is 1. The van der Waals surface area contributed by atoms with Crippen LogP contribution in [0.5, 0.6) is 0 Å². The number of hydrogen-bond acceptors (Lipinski definition) is 3. The molecule has 68 valence electrons. The van der Waals surface area contributed by atoms with Crippen LogP contribution in [-0.4, -0.2) is 35.6 Å². The molecular weight excluding hydrogens is 174 g/mol. The van der Waals surface area contributed by atoms with Crippen molar-refractivity contribution < 1.29 is 9.53 Å². The van der Waals surface area contributed by atoms with Gasteiger partial charge in [0, 0.05) is 20.5 Å². The number of rotatable bonds is 1. The predicted molar refractivity (Wildman–Crippen MR) is 50.0 cm³/mol. The van der Waals surface area contributed by atoms with Crippen molar-refractivity contribution in [3.63, 3.8) is 0 Å². The Morgan fingerprint density at radius 1 is 1.75 bits per heavy atom. The summed E-state index contributed by atoms with van der Waals surface area (Å²) < 4.78 is 5.21. The Labute approximate surface area is 77.7 Å². The van der Waals surface area contributed by atoms with Gasteiger partial charge in [-0.05, 0) is 25.1 Å². The van der Waals surface area contributed by atoms with Gasteiger partial charge in [0.25, 0.3) is 5.91 Å². The molecule has 0 saturated carbocycles. The number of amides is 1. The van der Waals surface area contributed by atoms with Crippen LogP contribution in [0.25, 0.3) is 0 Å². The zero-order valence-corrected chi connectivity index (χ0v) is 8.19. The molecule has 0 bridgehead atoms. The summed E-state index contributed by atoms with van der Waals surface area (Å²) in [5.74, 6) is 0.0467. The maximum Gasteiger partial charge on any atom is 0.263 e. The fourth-order valence-electron chi connectivity index (χ4n) is 1.30. The van der Waals surface area contributed by atoms with Crippen LogP contribution >= 0.6 is 12.2 Å². The highest BCUT2D eigenvalue weighted by atomic mass is 32.1. The predicted octanol–water partition coefficient (Wildman–Crippen LogP) is 0.971. The molecule has 0 aromatic rings. The molecule has 1 saturated heterocycles. The maximum absolute atomic E-state index is 11.4. The minimum Gasteiger partial charge on any atom is -0.474 e. The molecule has 0 aromatic heterocycles. The van der Waals surface area contributed by atoms with Crippen LogP contribution < -0.4 is 0 Å². The normalized spacial score (nSPS) is 24.0. The van der Waals surface area contributed by atoms with E-state index in [1.807, 2.05) is 0 Å². The van der Waals surface area contributed by atoms with E-state index in [1.165, 1.54) is 0 Å². The smallest absolute Gasteiger partial charge is 0.263 e. The van der Waals surface area contributed by atoms with Crippen LogP contribution in [-0.2, 0) is 9.53 Å². The van der Waals surface area contributed by atoms with E-state index in [1.54, 1.807) is 18.9 Å². The molecule has 4 heteroatoms. The van der Waals surface area contributed by atoms with Crippen LogP contribution in [0.15, 0.2) is 0 Å². The lowest BCUT2D eigenvalue weighted by Gasteiger charge is -2.28. The van der Waals surface area contributed by atoms with Crippen molar-refractivity contribution in [2.75, 3.05) is 13.6 Å². The Kier molecular flexibility index (Phi) is 3.03. The van der Waals surface area contributed by atoms with Gasteiger partial charge in [-0.15, -0.1) is 0 Å². The summed E-state index contributed by atoms with van der Waals surface area (Å²) in [6, 6.07) is 0. The Morgan fingerprint density at radius 2 is 2.42 bits per heavy atom. The molecule has 1 fully saturated rings. The summed E-state index contributed by atoms with van der Waals surface area (Å²) in [5.41, 5.74) is 0. The first-order valence-corrected chi connectivity index (χ1v) is 4.44. The van der Waals surface area contributed by atoms with E-state index in [9.17, 15) is 4.79 Å². The SMILES string of the molecule is CC(=S)OC1CCCN(C)C1=O. The standard InChI is InChI=1S/C8H13NO2S/c1-6(12)11-7-4-3-5-9(2)8(7)10/h7H,3-5H2,1-2H3. The summed E-state index contributed by atoms with van der Waals surface area (Å²) >= 11 is 4.77. The average molecular weight is 187 g/mol. The second-order valence-corrected chi connectivity index (χ2v) is 3.58. The molecule has 0 spiro atoms. The molecule has 12 heavy (non-hydrogen) atoms. The third kappa shape index (κ3) is 2.17. The number of carbonyl (C=O) groups excluding carboxylic acids is 1. The van der Waals surface area contributed by atoms with Crippen molar-refractivity contribution >= 4 is 23.2 Å². The molecule has 1 heterocycles. The van der Waals surface area contributed by atoms with E-state index in [-0.39, 0.29) is 12.0 Å². The first-order valence-electron chi connectivity index (χ1n) is 4.03. The molecule has 0 radical (unpaired) electrons. The lowest BCUT2D eigenvalue weighted by molar-refractivity contribution is -0.141. The number of ether oxygens (including phenoxy) is 1. The fourth-order valence-corrected chi connectivity index (χ4v) is 1.42. The van der Waals surface area contributed by atoms with Gasteiger partial charge in [-0.25, -0.2) is 0 Å².